The summed E-state index contributed by atoms with van der Waals surface area (Å²) in [5.74, 6) is 0. The van der Waals surface area contributed by atoms with Gasteiger partial charge in [0.25, 0.3) is 0 Å². The van der Waals surface area contributed by atoms with Crippen LogP contribution in [0.15, 0.2) is 61.3 Å². The van der Waals surface area contributed by atoms with E-state index in [0.29, 0.717) is 5.70 Å². The average Bonchev–Trinajstić information content (AvgIpc) is 2.38. The molecular weight excluding hydrogens is 208 g/mol. The Hall–Kier alpha value is -2.22. The normalized spacial score (nSPS) is 13.0. The van der Waals surface area contributed by atoms with Crippen molar-refractivity contribution >= 4 is 11.3 Å². The van der Waals surface area contributed by atoms with Crippen LogP contribution >= 0.6 is 0 Å². The summed E-state index contributed by atoms with van der Waals surface area (Å²) < 4.78 is 0. The predicted octanol–water partition coefficient (Wildman–Crippen LogP) is 3.05. The van der Waals surface area contributed by atoms with Gasteiger partial charge in [-0.2, -0.15) is 0 Å². The molecule has 0 spiro atoms. The summed E-state index contributed by atoms with van der Waals surface area (Å²) in [5.41, 5.74) is 14.8. The molecule has 0 aromatic heterocycles. The van der Waals surface area contributed by atoms with Crippen LogP contribution in [-0.2, 0) is 0 Å². The van der Waals surface area contributed by atoms with E-state index < -0.39 is 0 Å². The van der Waals surface area contributed by atoms with E-state index in [-0.39, 0.29) is 0 Å². The Bertz CT molecular complexity index is 462. The van der Waals surface area contributed by atoms with E-state index >= 15 is 0 Å². The minimum Gasteiger partial charge on any atom is -0.403 e. The lowest BCUT2D eigenvalue weighted by molar-refractivity contribution is 1.45. The molecule has 0 bridgehead atoms. The molecule has 0 unspecified atom stereocenters. The van der Waals surface area contributed by atoms with Crippen LogP contribution in [0.1, 0.15) is 18.1 Å². The predicted molar refractivity (Wildman–Crippen MR) is 75.8 cm³/mol. The first-order valence-corrected chi connectivity index (χ1v) is 5.46. The Kier molecular flexibility index (Phi) is 4.82. The molecule has 0 aliphatic carbocycles. The Morgan fingerprint density at radius 2 is 1.76 bits per heavy atom. The molecule has 2 nitrogen and oxygen atoms in total. The number of nitrogens with two attached hydrogens (primary N) is 2. The van der Waals surface area contributed by atoms with Crippen molar-refractivity contribution in [2.45, 2.75) is 6.92 Å². The van der Waals surface area contributed by atoms with Gasteiger partial charge in [-0.3, -0.25) is 0 Å². The number of hydrogen-bond donors (Lipinski definition) is 2. The van der Waals surface area contributed by atoms with Crippen molar-refractivity contribution in [2.24, 2.45) is 11.5 Å². The molecule has 0 saturated heterocycles. The summed E-state index contributed by atoms with van der Waals surface area (Å²) in [5, 5.41) is 0. The average molecular weight is 226 g/mol. The minimum absolute atomic E-state index is 0.580. The highest BCUT2D eigenvalue weighted by Gasteiger charge is 1.99. The van der Waals surface area contributed by atoms with Crippen molar-refractivity contribution in [3.05, 3.63) is 72.5 Å². The first kappa shape index (κ1) is 12.8. The molecule has 88 valence electrons. The third-order valence-corrected chi connectivity index (χ3v) is 2.37. The van der Waals surface area contributed by atoms with Crippen LogP contribution in [0, 0.1) is 0 Å². The molecule has 0 heterocycles. The van der Waals surface area contributed by atoms with Crippen molar-refractivity contribution in [2.75, 3.05) is 0 Å². The van der Waals surface area contributed by atoms with Crippen LogP contribution in [0.4, 0.5) is 0 Å². The standard InChI is InChI=1S/C15H18N2/c1-3-5-12(6-4-2)13-7-9-14(10-8-13)15(17)11-16/h3-11H,1,16-17H2,2H3/b6-4-,12-5+,15-11-. The molecule has 1 aromatic rings. The maximum absolute atomic E-state index is 5.73. The number of rotatable bonds is 4. The van der Waals surface area contributed by atoms with Crippen molar-refractivity contribution in [3.8, 4) is 0 Å². The van der Waals surface area contributed by atoms with Gasteiger partial charge in [0.05, 0.1) is 5.70 Å². The lowest BCUT2D eigenvalue weighted by atomic mass is 10.0. The van der Waals surface area contributed by atoms with Gasteiger partial charge >= 0.3 is 0 Å². The molecule has 17 heavy (non-hydrogen) atoms. The second kappa shape index (κ2) is 6.38. The van der Waals surface area contributed by atoms with Crippen molar-refractivity contribution in [1.29, 1.82) is 0 Å². The summed E-state index contributed by atoms with van der Waals surface area (Å²) in [6, 6.07) is 7.94. The highest BCUT2D eigenvalue weighted by molar-refractivity contribution is 5.76. The monoisotopic (exact) mass is 226 g/mol. The van der Waals surface area contributed by atoms with Crippen LogP contribution in [0.25, 0.3) is 11.3 Å². The van der Waals surface area contributed by atoms with Gasteiger partial charge in [-0.15, -0.1) is 0 Å². The molecule has 0 aliphatic heterocycles. The summed E-state index contributed by atoms with van der Waals surface area (Å²) >= 11 is 0. The summed E-state index contributed by atoms with van der Waals surface area (Å²) in [4.78, 5) is 0. The Balaban J connectivity index is 3.08. The first-order valence-electron chi connectivity index (χ1n) is 5.46. The largest absolute Gasteiger partial charge is 0.403 e. The van der Waals surface area contributed by atoms with E-state index in [2.05, 4.69) is 6.58 Å². The fourth-order valence-corrected chi connectivity index (χ4v) is 1.51. The highest BCUT2D eigenvalue weighted by Crippen LogP contribution is 2.18. The van der Waals surface area contributed by atoms with Gasteiger partial charge in [0.1, 0.15) is 0 Å². The quantitative estimate of drug-likeness (QED) is 0.775. The smallest absolute Gasteiger partial charge is 0.0545 e. The van der Waals surface area contributed by atoms with Crippen molar-refractivity contribution in [3.63, 3.8) is 0 Å². The zero-order chi connectivity index (χ0) is 12.7. The zero-order valence-electron chi connectivity index (χ0n) is 10.1. The maximum atomic E-state index is 5.73. The lowest BCUT2D eigenvalue weighted by Crippen LogP contribution is -1.99. The molecule has 0 radical (unpaired) electrons. The lowest BCUT2D eigenvalue weighted by Gasteiger charge is -2.05. The van der Waals surface area contributed by atoms with E-state index in [9.17, 15) is 0 Å². The Morgan fingerprint density at radius 1 is 1.18 bits per heavy atom. The molecule has 0 amide bonds. The van der Waals surface area contributed by atoms with Gasteiger partial charge < -0.3 is 11.5 Å². The van der Waals surface area contributed by atoms with E-state index in [0.717, 1.165) is 16.7 Å². The highest BCUT2D eigenvalue weighted by atomic mass is 14.6. The molecule has 0 fully saturated rings. The van der Waals surface area contributed by atoms with Gasteiger partial charge in [0.15, 0.2) is 0 Å². The second-order valence-electron chi connectivity index (χ2n) is 3.56. The summed E-state index contributed by atoms with van der Waals surface area (Å²) in [6.07, 6.45) is 9.19. The summed E-state index contributed by atoms with van der Waals surface area (Å²) in [6.45, 7) is 5.70. The van der Waals surface area contributed by atoms with Crippen LogP contribution in [0.5, 0.6) is 0 Å². The molecule has 2 heteroatoms. The fraction of sp³-hybridized carbons (Fsp3) is 0.0667. The number of allylic oxidation sites excluding steroid dienone is 5. The zero-order valence-corrected chi connectivity index (χ0v) is 10.1. The summed E-state index contributed by atoms with van der Waals surface area (Å²) in [7, 11) is 0. The van der Waals surface area contributed by atoms with E-state index in [1.54, 1.807) is 6.08 Å². The first-order chi connectivity index (χ1) is 8.22. The molecule has 4 N–H and O–H groups in total. The molecular formula is C15H18N2. The molecule has 0 atom stereocenters. The molecule has 0 aliphatic rings. The second-order valence-corrected chi connectivity index (χ2v) is 3.56. The van der Waals surface area contributed by atoms with Gasteiger partial charge in [-0.1, -0.05) is 55.1 Å². The van der Waals surface area contributed by atoms with Crippen LogP contribution in [0.3, 0.4) is 0 Å². The van der Waals surface area contributed by atoms with Crippen LogP contribution < -0.4 is 11.5 Å². The fourth-order valence-electron chi connectivity index (χ4n) is 1.51. The number of hydrogen-bond acceptors (Lipinski definition) is 2. The molecule has 0 saturated carbocycles. The third kappa shape index (κ3) is 3.38. The maximum Gasteiger partial charge on any atom is 0.0545 e. The SMILES string of the molecule is C=C/C=C(\C=C/C)c1ccc(/C(N)=C/N)cc1. The molecule has 1 rings (SSSR count). The van der Waals surface area contributed by atoms with Gasteiger partial charge in [-0.05, 0) is 23.6 Å². The van der Waals surface area contributed by atoms with Gasteiger partial charge in [-0.25, -0.2) is 0 Å². The van der Waals surface area contributed by atoms with E-state index in [4.69, 9.17) is 11.5 Å². The van der Waals surface area contributed by atoms with E-state index in [1.807, 2.05) is 49.4 Å². The third-order valence-electron chi connectivity index (χ3n) is 2.37. The molecule has 1 aromatic carbocycles. The van der Waals surface area contributed by atoms with E-state index in [1.165, 1.54) is 6.20 Å². The Morgan fingerprint density at radius 3 is 2.24 bits per heavy atom. The minimum atomic E-state index is 0.580. The topological polar surface area (TPSA) is 52.0 Å². The van der Waals surface area contributed by atoms with Crippen LogP contribution in [-0.4, -0.2) is 0 Å². The number of benzene rings is 1. The van der Waals surface area contributed by atoms with Crippen molar-refractivity contribution < 1.29 is 0 Å². The van der Waals surface area contributed by atoms with Crippen LogP contribution in [0.2, 0.25) is 0 Å². The van der Waals surface area contributed by atoms with Gasteiger partial charge in [0.2, 0.25) is 0 Å². The Labute approximate surface area is 103 Å². The van der Waals surface area contributed by atoms with Crippen molar-refractivity contribution in [1.82, 2.24) is 0 Å². The van der Waals surface area contributed by atoms with Gasteiger partial charge in [0, 0.05) is 6.20 Å².